The van der Waals surface area contributed by atoms with Gasteiger partial charge in [-0.05, 0) is 17.7 Å². The molecule has 0 aliphatic carbocycles. The van der Waals surface area contributed by atoms with E-state index in [1.165, 1.54) is 12.1 Å². The third-order valence-electron chi connectivity index (χ3n) is 2.98. The van der Waals surface area contributed by atoms with Crippen LogP contribution in [0.15, 0.2) is 42.5 Å². The van der Waals surface area contributed by atoms with Crippen molar-refractivity contribution in [2.24, 2.45) is 0 Å². The van der Waals surface area contributed by atoms with E-state index in [2.05, 4.69) is 11.4 Å². The second kappa shape index (κ2) is 6.48. The lowest BCUT2D eigenvalue weighted by molar-refractivity contribution is -0.387. The zero-order valence-corrected chi connectivity index (χ0v) is 11.0. The summed E-state index contributed by atoms with van der Waals surface area (Å²) in [5.74, 6) is -0.823. The summed E-state index contributed by atoms with van der Waals surface area (Å²) < 4.78 is 13.9. The van der Waals surface area contributed by atoms with Crippen molar-refractivity contribution in [3.63, 3.8) is 0 Å². The van der Waals surface area contributed by atoms with Crippen LogP contribution in [-0.4, -0.2) is 4.92 Å². The molecule has 2 rings (SSSR count). The number of rotatable bonds is 5. The number of nitrogens with zero attached hydrogens (tertiary/aromatic N) is 2. The Morgan fingerprint density at radius 3 is 2.57 bits per heavy atom. The molecule has 0 atom stereocenters. The number of halogens is 1. The number of nitro groups is 1. The number of nitriles is 1. The predicted molar refractivity (Wildman–Crippen MR) is 76.1 cm³/mol. The molecule has 6 heteroatoms. The first-order chi connectivity index (χ1) is 10.1. The first kappa shape index (κ1) is 14.5. The van der Waals surface area contributed by atoms with E-state index in [4.69, 9.17) is 5.26 Å². The lowest BCUT2D eigenvalue weighted by Gasteiger charge is -2.08. The highest BCUT2D eigenvalue weighted by Crippen LogP contribution is 2.21. The van der Waals surface area contributed by atoms with E-state index >= 15 is 0 Å². The Morgan fingerprint density at radius 2 is 1.95 bits per heavy atom. The maximum absolute atomic E-state index is 13.9. The molecule has 0 amide bonds. The summed E-state index contributed by atoms with van der Waals surface area (Å²) in [4.78, 5) is 9.93. The number of nitro benzene ring substituents is 1. The van der Waals surface area contributed by atoms with Gasteiger partial charge in [-0.25, -0.2) is 0 Å². The SMILES string of the molecule is N#CCc1ccc(NCc2cccc([N+](=O)[O-])c2F)cc1. The molecule has 106 valence electrons. The summed E-state index contributed by atoms with van der Waals surface area (Å²) in [5, 5.41) is 22.2. The van der Waals surface area contributed by atoms with Crippen LogP contribution in [0, 0.1) is 27.3 Å². The first-order valence-corrected chi connectivity index (χ1v) is 6.23. The standard InChI is InChI=1S/C15H12FN3O2/c16-15-12(2-1-3-14(15)19(20)21)10-18-13-6-4-11(5-7-13)8-9-17/h1-7,18H,8,10H2. The summed E-state index contributed by atoms with van der Waals surface area (Å²) in [7, 11) is 0. The van der Waals surface area contributed by atoms with Crippen LogP contribution >= 0.6 is 0 Å². The molecule has 1 N–H and O–H groups in total. The average molecular weight is 285 g/mol. The largest absolute Gasteiger partial charge is 0.381 e. The van der Waals surface area contributed by atoms with Gasteiger partial charge in [-0.2, -0.15) is 9.65 Å². The maximum Gasteiger partial charge on any atom is 0.305 e. The number of hydrogen-bond acceptors (Lipinski definition) is 4. The predicted octanol–water partition coefficient (Wildman–Crippen LogP) is 3.41. The van der Waals surface area contributed by atoms with Crippen LogP contribution in [0.3, 0.4) is 0 Å². The lowest BCUT2D eigenvalue weighted by Crippen LogP contribution is -2.04. The fourth-order valence-corrected chi connectivity index (χ4v) is 1.87. The van der Waals surface area contributed by atoms with Gasteiger partial charge in [0.1, 0.15) is 0 Å². The van der Waals surface area contributed by atoms with Gasteiger partial charge in [-0.15, -0.1) is 0 Å². The smallest absolute Gasteiger partial charge is 0.305 e. The highest BCUT2D eigenvalue weighted by Gasteiger charge is 2.16. The summed E-state index contributed by atoms with van der Waals surface area (Å²) in [6.45, 7) is 0.144. The second-order valence-electron chi connectivity index (χ2n) is 4.39. The quantitative estimate of drug-likeness (QED) is 0.674. The summed E-state index contributed by atoms with van der Waals surface area (Å²) in [5.41, 5.74) is 1.34. The van der Waals surface area contributed by atoms with Crippen molar-refractivity contribution in [1.29, 1.82) is 5.26 Å². The fourth-order valence-electron chi connectivity index (χ4n) is 1.87. The van der Waals surface area contributed by atoms with Gasteiger partial charge in [0.15, 0.2) is 0 Å². The Bertz CT molecular complexity index is 693. The van der Waals surface area contributed by atoms with E-state index in [-0.39, 0.29) is 12.1 Å². The van der Waals surface area contributed by atoms with Crippen LogP contribution in [0.1, 0.15) is 11.1 Å². The Hall–Kier alpha value is -2.94. The van der Waals surface area contributed by atoms with E-state index in [1.54, 1.807) is 24.3 Å². The van der Waals surface area contributed by atoms with Crippen LogP contribution < -0.4 is 5.32 Å². The topological polar surface area (TPSA) is 79.0 Å². The summed E-state index contributed by atoms with van der Waals surface area (Å²) in [6, 6.07) is 13.3. The summed E-state index contributed by atoms with van der Waals surface area (Å²) >= 11 is 0. The highest BCUT2D eigenvalue weighted by molar-refractivity contribution is 5.46. The van der Waals surface area contributed by atoms with Crippen molar-refractivity contribution in [3.05, 3.63) is 69.5 Å². The molecule has 0 saturated carbocycles. The minimum absolute atomic E-state index is 0.144. The van der Waals surface area contributed by atoms with E-state index in [0.717, 1.165) is 17.3 Å². The Labute approximate surface area is 120 Å². The second-order valence-corrected chi connectivity index (χ2v) is 4.39. The van der Waals surface area contributed by atoms with Crippen molar-refractivity contribution >= 4 is 11.4 Å². The Balaban J connectivity index is 2.08. The van der Waals surface area contributed by atoms with Gasteiger partial charge in [-0.1, -0.05) is 24.3 Å². The molecule has 0 fully saturated rings. The molecule has 21 heavy (non-hydrogen) atoms. The first-order valence-electron chi connectivity index (χ1n) is 6.23. The molecule has 0 bridgehead atoms. The van der Waals surface area contributed by atoms with Crippen LogP contribution in [0.2, 0.25) is 0 Å². The third kappa shape index (κ3) is 3.54. The van der Waals surface area contributed by atoms with Gasteiger partial charge in [0, 0.05) is 23.9 Å². The maximum atomic E-state index is 13.9. The zero-order valence-electron chi connectivity index (χ0n) is 11.0. The molecule has 0 unspecified atom stereocenters. The third-order valence-corrected chi connectivity index (χ3v) is 2.98. The lowest BCUT2D eigenvalue weighted by atomic mass is 10.1. The molecule has 0 spiro atoms. The van der Waals surface area contributed by atoms with E-state index in [0.29, 0.717) is 6.42 Å². The van der Waals surface area contributed by atoms with Gasteiger partial charge in [-0.3, -0.25) is 10.1 Å². The zero-order chi connectivity index (χ0) is 15.2. The molecule has 5 nitrogen and oxygen atoms in total. The van der Waals surface area contributed by atoms with E-state index in [1.807, 2.05) is 0 Å². The fraction of sp³-hybridized carbons (Fsp3) is 0.133. The monoisotopic (exact) mass is 285 g/mol. The molecule has 2 aromatic rings. The van der Waals surface area contributed by atoms with Gasteiger partial charge in [0.05, 0.1) is 17.4 Å². The van der Waals surface area contributed by atoms with E-state index in [9.17, 15) is 14.5 Å². The molecule has 0 saturated heterocycles. The van der Waals surface area contributed by atoms with Crippen LogP contribution in [0.25, 0.3) is 0 Å². The minimum atomic E-state index is -0.823. The van der Waals surface area contributed by atoms with Crippen molar-refractivity contribution in [2.75, 3.05) is 5.32 Å². The van der Waals surface area contributed by atoms with Crippen LogP contribution in [0.4, 0.5) is 15.8 Å². The Morgan fingerprint density at radius 1 is 1.24 bits per heavy atom. The average Bonchev–Trinajstić information content (AvgIpc) is 2.48. The summed E-state index contributed by atoms with van der Waals surface area (Å²) in [6.07, 6.45) is 0.333. The van der Waals surface area contributed by atoms with Crippen molar-refractivity contribution in [1.82, 2.24) is 0 Å². The molecule has 0 radical (unpaired) electrons. The van der Waals surface area contributed by atoms with E-state index < -0.39 is 16.4 Å². The minimum Gasteiger partial charge on any atom is -0.381 e. The number of hydrogen-bond donors (Lipinski definition) is 1. The van der Waals surface area contributed by atoms with Gasteiger partial charge >= 0.3 is 5.69 Å². The van der Waals surface area contributed by atoms with Crippen molar-refractivity contribution in [2.45, 2.75) is 13.0 Å². The number of anilines is 1. The van der Waals surface area contributed by atoms with Crippen molar-refractivity contribution in [3.8, 4) is 6.07 Å². The number of nitrogens with one attached hydrogen (secondary N) is 1. The van der Waals surface area contributed by atoms with Crippen LogP contribution in [-0.2, 0) is 13.0 Å². The molecule has 0 aromatic heterocycles. The molecule has 0 aliphatic rings. The number of benzene rings is 2. The van der Waals surface area contributed by atoms with Gasteiger partial charge < -0.3 is 5.32 Å². The van der Waals surface area contributed by atoms with Gasteiger partial charge in [0.25, 0.3) is 0 Å². The van der Waals surface area contributed by atoms with Crippen LogP contribution in [0.5, 0.6) is 0 Å². The molecular weight excluding hydrogens is 273 g/mol. The Kier molecular flexibility index (Phi) is 4.46. The molecule has 0 heterocycles. The normalized spacial score (nSPS) is 9.90. The molecule has 2 aromatic carbocycles. The highest BCUT2D eigenvalue weighted by atomic mass is 19.1. The molecule has 0 aliphatic heterocycles. The van der Waals surface area contributed by atoms with Crippen molar-refractivity contribution < 1.29 is 9.31 Å². The van der Waals surface area contributed by atoms with Gasteiger partial charge in [0.2, 0.25) is 5.82 Å². The molecular formula is C15H12FN3O2.